The van der Waals surface area contributed by atoms with Gasteiger partial charge in [0.05, 0.1) is 0 Å². The molecule has 114 valence electrons. The monoisotopic (exact) mass is 312 g/mol. The molecule has 6 heteroatoms. The molecule has 2 rings (SSSR count). The molecule has 0 aliphatic carbocycles. The number of ether oxygens (including phenoxy) is 1. The lowest BCUT2D eigenvalue weighted by molar-refractivity contribution is -0.0498. The smallest absolute Gasteiger partial charge is 0.387 e. The average molecular weight is 312 g/mol. The van der Waals surface area contributed by atoms with Crippen LogP contribution in [-0.2, 0) is 6.54 Å². The van der Waals surface area contributed by atoms with Crippen molar-refractivity contribution in [1.82, 2.24) is 4.90 Å². The highest BCUT2D eigenvalue weighted by Crippen LogP contribution is 2.24. The van der Waals surface area contributed by atoms with Gasteiger partial charge in [-0.2, -0.15) is 20.1 Å². The van der Waals surface area contributed by atoms with E-state index in [2.05, 4.69) is 21.1 Å². The van der Waals surface area contributed by atoms with E-state index in [0.29, 0.717) is 6.54 Å². The van der Waals surface area contributed by atoms with Gasteiger partial charge < -0.3 is 10.5 Å². The van der Waals surface area contributed by atoms with E-state index < -0.39 is 6.61 Å². The summed E-state index contributed by atoms with van der Waals surface area (Å²) in [5.41, 5.74) is 8.08. The second-order valence-corrected chi connectivity index (χ2v) is 5.53. The summed E-state index contributed by atoms with van der Waals surface area (Å²) in [6.45, 7) is -1.56. The minimum absolute atomic E-state index is 0.0329. The maximum absolute atomic E-state index is 12.1. The van der Waals surface area contributed by atoms with E-state index in [-0.39, 0.29) is 11.8 Å². The third kappa shape index (κ3) is 4.49. The molecule has 1 heterocycles. The largest absolute Gasteiger partial charge is 0.435 e. The van der Waals surface area contributed by atoms with Crippen LogP contribution in [0.1, 0.15) is 17.2 Å². The summed E-state index contributed by atoms with van der Waals surface area (Å²) >= 11 is 1.66. The van der Waals surface area contributed by atoms with Gasteiger partial charge in [-0.15, -0.1) is 0 Å². The minimum Gasteiger partial charge on any atom is -0.435 e. The van der Waals surface area contributed by atoms with Gasteiger partial charge in [0.2, 0.25) is 0 Å². The molecule has 0 aliphatic rings. The molecule has 0 amide bonds. The van der Waals surface area contributed by atoms with Gasteiger partial charge in [0.25, 0.3) is 0 Å². The fourth-order valence-electron chi connectivity index (χ4n) is 2.22. The zero-order valence-corrected chi connectivity index (χ0v) is 12.5. The Morgan fingerprint density at radius 1 is 1.24 bits per heavy atom. The molecule has 1 aromatic carbocycles. The normalized spacial score (nSPS) is 12.9. The van der Waals surface area contributed by atoms with Crippen molar-refractivity contribution >= 4 is 11.3 Å². The second-order valence-electron chi connectivity index (χ2n) is 4.75. The van der Waals surface area contributed by atoms with Crippen molar-refractivity contribution in [2.75, 3.05) is 13.6 Å². The molecule has 2 N–H and O–H groups in total. The fraction of sp³-hybridized carbons (Fsp3) is 0.333. The van der Waals surface area contributed by atoms with E-state index in [4.69, 9.17) is 5.73 Å². The number of likely N-dealkylation sites (N-methyl/N-ethyl adjacent to an activating group) is 1. The van der Waals surface area contributed by atoms with Crippen LogP contribution in [0.3, 0.4) is 0 Å². The molecule has 0 radical (unpaired) electrons. The molecule has 0 saturated carbocycles. The van der Waals surface area contributed by atoms with E-state index in [0.717, 1.165) is 12.1 Å². The minimum atomic E-state index is -2.80. The lowest BCUT2D eigenvalue weighted by atomic mass is 10.1. The Kier molecular flexibility index (Phi) is 5.67. The van der Waals surface area contributed by atoms with Crippen molar-refractivity contribution in [3.63, 3.8) is 0 Å². The van der Waals surface area contributed by atoms with Crippen LogP contribution in [0, 0.1) is 0 Å². The molecule has 0 saturated heterocycles. The molecular formula is C15H18F2N2OS. The Morgan fingerprint density at radius 3 is 2.48 bits per heavy atom. The van der Waals surface area contributed by atoms with Crippen LogP contribution in [-0.4, -0.2) is 25.1 Å². The van der Waals surface area contributed by atoms with Crippen LogP contribution < -0.4 is 10.5 Å². The quantitative estimate of drug-likeness (QED) is 0.850. The fourth-order valence-corrected chi connectivity index (χ4v) is 2.88. The summed E-state index contributed by atoms with van der Waals surface area (Å²) in [5.74, 6) is 0.157. The van der Waals surface area contributed by atoms with Crippen LogP contribution in [0.5, 0.6) is 5.75 Å². The van der Waals surface area contributed by atoms with Gasteiger partial charge in [-0.25, -0.2) is 0 Å². The molecule has 0 fully saturated rings. The lowest BCUT2D eigenvalue weighted by Crippen LogP contribution is -2.30. The summed E-state index contributed by atoms with van der Waals surface area (Å²) in [5, 5.41) is 4.14. The zero-order valence-electron chi connectivity index (χ0n) is 11.7. The highest BCUT2D eigenvalue weighted by atomic mass is 32.1. The first-order chi connectivity index (χ1) is 10.1. The highest BCUT2D eigenvalue weighted by molar-refractivity contribution is 7.07. The first-order valence-electron chi connectivity index (χ1n) is 6.56. The van der Waals surface area contributed by atoms with Crippen LogP contribution in [0.4, 0.5) is 8.78 Å². The van der Waals surface area contributed by atoms with E-state index in [1.54, 1.807) is 35.6 Å². The molecule has 0 aliphatic heterocycles. The van der Waals surface area contributed by atoms with Gasteiger partial charge in [-0.05, 0) is 47.1 Å². The number of thiophene rings is 1. The topological polar surface area (TPSA) is 38.5 Å². The maximum atomic E-state index is 12.1. The van der Waals surface area contributed by atoms with Gasteiger partial charge in [0.1, 0.15) is 5.75 Å². The predicted molar refractivity (Wildman–Crippen MR) is 80.7 cm³/mol. The van der Waals surface area contributed by atoms with Crippen molar-refractivity contribution in [3.8, 4) is 5.75 Å². The van der Waals surface area contributed by atoms with Crippen LogP contribution in [0.15, 0.2) is 41.1 Å². The Hall–Kier alpha value is -1.50. The Balaban J connectivity index is 2.05. The Bertz CT molecular complexity index is 531. The van der Waals surface area contributed by atoms with Gasteiger partial charge in [-0.3, -0.25) is 4.90 Å². The molecule has 0 spiro atoms. The number of nitrogens with zero attached hydrogens (tertiary/aromatic N) is 1. The third-order valence-corrected chi connectivity index (χ3v) is 3.99. The summed E-state index contributed by atoms with van der Waals surface area (Å²) < 4.78 is 28.6. The number of hydrogen-bond acceptors (Lipinski definition) is 4. The summed E-state index contributed by atoms with van der Waals surface area (Å²) in [7, 11) is 2.00. The van der Waals surface area contributed by atoms with Crippen molar-refractivity contribution in [1.29, 1.82) is 0 Å². The van der Waals surface area contributed by atoms with Crippen LogP contribution in [0.25, 0.3) is 0 Å². The zero-order chi connectivity index (χ0) is 15.2. The van der Waals surface area contributed by atoms with E-state index >= 15 is 0 Å². The van der Waals surface area contributed by atoms with Crippen molar-refractivity contribution in [2.24, 2.45) is 5.73 Å². The summed E-state index contributed by atoms with van der Waals surface area (Å²) in [4.78, 5) is 2.14. The van der Waals surface area contributed by atoms with Gasteiger partial charge in [-0.1, -0.05) is 12.1 Å². The SMILES string of the molecule is CN(Cc1ccsc1)C(CN)c1ccc(OC(F)F)cc1. The number of rotatable bonds is 7. The Morgan fingerprint density at radius 2 is 1.95 bits per heavy atom. The van der Waals surface area contributed by atoms with Crippen LogP contribution >= 0.6 is 11.3 Å². The van der Waals surface area contributed by atoms with Gasteiger partial charge in [0.15, 0.2) is 0 Å². The average Bonchev–Trinajstić information content (AvgIpc) is 2.93. The number of halogens is 2. The molecule has 0 bridgehead atoms. The van der Waals surface area contributed by atoms with Crippen molar-refractivity contribution in [3.05, 3.63) is 52.2 Å². The van der Waals surface area contributed by atoms with Crippen molar-refractivity contribution in [2.45, 2.75) is 19.2 Å². The second kappa shape index (κ2) is 7.49. The third-order valence-electron chi connectivity index (χ3n) is 3.26. The predicted octanol–water partition coefficient (Wildman–Crippen LogP) is 3.48. The summed E-state index contributed by atoms with van der Waals surface area (Å²) in [6.07, 6.45) is 0. The number of nitrogens with two attached hydrogens (primary N) is 1. The molecule has 1 aromatic heterocycles. The molecule has 21 heavy (non-hydrogen) atoms. The Labute approximate surface area is 126 Å². The molecule has 1 unspecified atom stereocenters. The number of benzene rings is 1. The lowest BCUT2D eigenvalue weighted by Gasteiger charge is -2.27. The summed E-state index contributed by atoms with van der Waals surface area (Å²) in [6, 6.07) is 8.75. The maximum Gasteiger partial charge on any atom is 0.387 e. The number of alkyl halides is 2. The van der Waals surface area contributed by atoms with E-state index in [1.165, 1.54) is 5.56 Å². The molecular weight excluding hydrogens is 294 g/mol. The van der Waals surface area contributed by atoms with Gasteiger partial charge >= 0.3 is 6.61 Å². The van der Waals surface area contributed by atoms with Crippen LogP contribution in [0.2, 0.25) is 0 Å². The van der Waals surface area contributed by atoms with Gasteiger partial charge in [0, 0.05) is 19.1 Å². The van der Waals surface area contributed by atoms with E-state index in [1.807, 2.05) is 12.4 Å². The molecule has 1 atom stereocenters. The first kappa shape index (κ1) is 15.9. The molecule has 3 nitrogen and oxygen atoms in total. The van der Waals surface area contributed by atoms with E-state index in [9.17, 15) is 8.78 Å². The number of hydrogen-bond donors (Lipinski definition) is 1. The van der Waals surface area contributed by atoms with Crippen molar-refractivity contribution < 1.29 is 13.5 Å². The standard InChI is InChI=1S/C15H18F2N2OS/c1-19(9-11-6-7-21-10-11)14(8-18)12-2-4-13(5-3-12)20-15(16)17/h2-7,10,14-15H,8-9,18H2,1H3. The highest BCUT2D eigenvalue weighted by Gasteiger charge is 2.16. The molecule has 2 aromatic rings. The first-order valence-corrected chi connectivity index (χ1v) is 7.50.